The van der Waals surface area contributed by atoms with Crippen molar-refractivity contribution in [3.63, 3.8) is 0 Å². The van der Waals surface area contributed by atoms with Gasteiger partial charge in [0.2, 0.25) is 5.75 Å². The van der Waals surface area contributed by atoms with Crippen molar-refractivity contribution in [2.45, 2.75) is 26.7 Å². The Labute approximate surface area is 179 Å². The fourth-order valence-corrected chi connectivity index (χ4v) is 3.17. The van der Waals surface area contributed by atoms with Crippen LogP contribution in [-0.4, -0.2) is 42.3 Å². The van der Waals surface area contributed by atoms with Crippen LogP contribution in [0.1, 0.15) is 23.1 Å². The van der Waals surface area contributed by atoms with E-state index in [2.05, 4.69) is 26.1 Å². The highest BCUT2D eigenvalue weighted by molar-refractivity contribution is 9.10. The highest BCUT2D eigenvalue weighted by Gasteiger charge is 2.19. The van der Waals surface area contributed by atoms with Gasteiger partial charge in [-0.1, -0.05) is 0 Å². The average Bonchev–Trinajstić information content (AvgIpc) is 3.32. The summed E-state index contributed by atoms with van der Waals surface area (Å²) in [6.45, 7) is 2.72. The maximum absolute atomic E-state index is 13.4. The largest absolute Gasteiger partial charge is 0.464 e. The van der Waals surface area contributed by atoms with Gasteiger partial charge < -0.3 is 9.64 Å². The van der Waals surface area contributed by atoms with Gasteiger partial charge in [0.05, 0.1) is 27.8 Å². The molecule has 2 heterocycles. The summed E-state index contributed by atoms with van der Waals surface area (Å²) in [6, 6.07) is 4.44. The van der Waals surface area contributed by atoms with E-state index in [0.717, 1.165) is 28.4 Å². The number of hydrogen-bond donors (Lipinski definition) is 0. The first-order valence-electron chi connectivity index (χ1n) is 8.86. The number of hydrogen-bond acceptors (Lipinski definition) is 6. The molecule has 0 spiro atoms. The number of nitro groups is 1. The van der Waals surface area contributed by atoms with Gasteiger partial charge in [0.1, 0.15) is 5.82 Å². The van der Waals surface area contributed by atoms with E-state index in [0.29, 0.717) is 13.1 Å². The molecule has 1 amide bonds. The molecule has 3 rings (SSSR count). The van der Waals surface area contributed by atoms with Gasteiger partial charge in [-0.25, -0.2) is 9.07 Å². The second-order valence-electron chi connectivity index (χ2n) is 6.30. The molecule has 0 N–H and O–H groups in total. The lowest BCUT2D eigenvalue weighted by Gasteiger charge is -2.17. The van der Waals surface area contributed by atoms with Crippen LogP contribution in [0.3, 0.4) is 0 Å². The van der Waals surface area contributed by atoms with E-state index in [1.165, 1.54) is 21.8 Å². The van der Waals surface area contributed by atoms with Crippen LogP contribution in [0.25, 0.3) is 0 Å². The first kappa shape index (κ1) is 21.4. The molecule has 0 saturated carbocycles. The molecule has 0 bridgehead atoms. The lowest BCUT2D eigenvalue weighted by Crippen LogP contribution is -2.28. The van der Waals surface area contributed by atoms with Crippen LogP contribution in [0.4, 0.5) is 10.1 Å². The number of rotatable bonds is 8. The molecule has 0 aliphatic carbocycles. The molecule has 158 valence electrons. The predicted octanol–water partition coefficient (Wildman–Crippen LogP) is 3.22. The molecule has 0 unspecified atom stereocenters. The summed E-state index contributed by atoms with van der Waals surface area (Å²) < 4.78 is 22.6. The van der Waals surface area contributed by atoms with Gasteiger partial charge in [0.15, 0.2) is 12.4 Å². The fraction of sp³-hybridized carbons (Fsp3) is 0.278. The van der Waals surface area contributed by atoms with Gasteiger partial charge in [0, 0.05) is 31.9 Å². The van der Waals surface area contributed by atoms with Crippen molar-refractivity contribution in [1.29, 1.82) is 0 Å². The summed E-state index contributed by atoms with van der Waals surface area (Å²) in [5, 5.41) is 19.4. The van der Waals surface area contributed by atoms with Gasteiger partial charge in [-0.05, 0) is 35.0 Å². The topological polar surface area (TPSA) is 108 Å². The maximum Gasteiger partial charge on any atom is 0.311 e. The average molecular weight is 481 g/mol. The molecule has 1 aromatic carbocycles. The Morgan fingerprint density at radius 1 is 1.40 bits per heavy atom. The molecule has 2 aromatic heterocycles. The normalized spacial score (nSPS) is 10.8. The maximum atomic E-state index is 13.4. The van der Waals surface area contributed by atoms with E-state index < -0.39 is 10.7 Å². The van der Waals surface area contributed by atoms with E-state index in [1.807, 2.05) is 6.92 Å². The van der Waals surface area contributed by atoms with Crippen molar-refractivity contribution in [3.05, 3.63) is 68.5 Å². The number of nitro benzene ring substituents is 1. The third-order valence-electron chi connectivity index (χ3n) is 4.26. The minimum absolute atomic E-state index is 0.175. The number of aromatic nitrogens is 4. The summed E-state index contributed by atoms with van der Waals surface area (Å²) in [5.74, 6) is -1.20. The molecule has 10 nitrogen and oxygen atoms in total. The molecule has 12 heteroatoms. The zero-order chi connectivity index (χ0) is 21.8. The van der Waals surface area contributed by atoms with Crippen LogP contribution in [0, 0.1) is 15.9 Å². The van der Waals surface area contributed by atoms with Gasteiger partial charge in [0.25, 0.3) is 5.91 Å². The standard InChI is InChI=1S/C18H18BrFN6O4/c1-3-25-16(13(19)9-21-25)10-23(2)18(27)14-6-7-24(22-14)11-30-17-8-12(20)4-5-15(17)26(28)29/h4-9H,3,10-11H2,1-2H3. The van der Waals surface area contributed by atoms with Crippen LogP contribution in [0.2, 0.25) is 0 Å². The first-order chi connectivity index (χ1) is 14.3. The molecular weight excluding hydrogens is 463 g/mol. The Balaban J connectivity index is 1.67. The summed E-state index contributed by atoms with van der Waals surface area (Å²) >= 11 is 3.43. The zero-order valence-corrected chi connectivity index (χ0v) is 17.7. The van der Waals surface area contributed by atoms with Gasteiger partial charge in [-0.2, -0.15) is 10.2 Å². The van der Waals surface area contributed by atoms with E-state index in [9.17, 15) is 19.3 Å². The number of halogens is 2. The second-order valence-corrected chi connectivity index (χ2v) is 7.15. The predicted molar refractivity (Wildman–Crippen MR) is 107 cm³/mol. The lowest BCUT2D eigenvalue weighted by atomic mass is 10.3. The van der Waals surface area contributed by atoms with E-state index >= 15 is 0 Å². The lowest BCUT2D eigenvalue weighted by molar-refractivity contribution is -0.386. The summed E-state index contributed by atoms with van der Waals surface area (Å²) in [7, 11) is 1.65. The number of carbonyl (C=O) groups excluding carboxylic acids is 1. The number of benzene rings is 1. The molecular formula is C18H18BrFN6O4. The Hall–Kier alpha value is -3.28. The molecule has 0 aliphatic rings. The van der Waals surface area contributed by atoms with E-state index in [-0.39, 0.29) is 29.8 Å². The SMILES string of the molecule is CCn1ncc(Br)c1CN(C)C(=O)c1ccn(COc2cc(F)ccc2[N+](=O)[O-])n1. The van der Waals surface area contributed by atoms with Crippen molar-refractivity contribution in [3.8, 4) is 5.75 Å². The Morgan fingerprint density at radius 2 is 2.17 bits per heavy atom. The Morgan fingerprint density at radius 3 is 2.87 bits per heavy atom. The summed E-state index contributed by atoms with van der Waals surface area (Å²) in [5.41, 5.74) is 0.667. The molecule has 0 fully saturated rings. The third-order valence-corrected chi connectivity index (χ3v) is 4.92. The number of amides is 1. The third kappa shape index (κ3) is 4.64. The summed E-state index contributed by atoms with van der Waals surface area (Å²) in [6.07, 6.45) is 3.17. The minimum atomic E-state index is -0.666. The van der Waals surface area contributed by atoms with Crippen molar-refractivity contribution in [1.82, 2.24) is 24.5 Å². The van der Waals surface area contributed by atoms with Crippen LogP contribution >= 0.6 is 15.9 Å². The molecule has 3 aromatic rings. The van der Waals surface area contributed by atoms with Crippen LogP contribution in [0.5, 0.6) is 5.75 Å². The van der Waals surface area contributed by atoms with Gasteiger partial charge in [-0.3, -0.25) is 19.6 Å². The molecule has 0 aliphatic heterocycles. The molecule has 0 atom stereocenters. The molecule has 0 radical (unpaired) electrons. The monoisotopic (exact) mass is 480 g/mol. The Bertz CT molecular complexity index is 1080. The smallest absolute Gasteiger partial charge is 0.311 e. The summed E-state index contributed by atoms with van der Waals surface area (Å²) in [4.78, 5) is 24.5. The second kappa shape index (κ2) is 9.03. The van der Waals surface area contributed by atoms with Crippen LogP contribution in [-0.2, 0) is 19.8 Å². The quantitative estimate of drug-likeness (QED) is 0.361. The van der Waals surface area contributed by atoms with E-state index in [1.54, 1.807) is 17.9 Å². The fourth-order valence-electron chi connectivity index (χ4n) is 2.75. The van der Waals surface area contributed by atoms with Crippen molar-refractivity contribution in [2.75, 3.05) is 7.05 Å². The van der Waals surface area contributed by atoms with Crippen molar-refractivity contribution >= 4 is 27.5 Å². The van der Waals surface area contributed by atoms with Crippen LogP contribution < -0.4 is 4.74 Å². The van der Waals surface area contributed by atoms with Crippen molar-refractivity contribution in [2.24, 2.45) is 0 Å². The van der Waals surface area contributed by atoms with Crippen molar-refractivity contribution < 1.29 is 18.8 Å². The number of aryl methyl sites for hydroxylation is 1. The zero-order valence-electron chi connectivity index (χ0n) is 16.2. The first-order valence-corrected chi connectivity index (χ1v) is 9.65. The Kier molecular flexibility index (Phi) is 6.45. The van der Waals surface area contributed by atoms with Gasteiger partial charge >= 0.3 is 5.69 Å². The van der Waals surface area contributed by atoms with Gasteiger partial charge in [-0.15, -0.1) is 0 Å². The minimum Gasteiger partial charge on any atom is -0.464 e. The number of ether oxygens (including phenoxy) is 1. The number of nitrogens with zero attached hydrogens (tertiary/aromatic N) is 6. The highest BCUT2D eigenvalue weighted by atomic mass is 79.9. The van der Waals surface area contributed by atoms with E-state index in [4.69, 9.17) is 4.74 Å². The molecule has 0 saturated heterocycles. The molecule has 30 heavy (non-hydrogen) atoms. The highest BCUT2D eigenvalue weighted by Crippen LogP contribution is 2.27. The number of carbonyl (C=O) groups is 1. The van der Waals surface area contributed by atoms with Crippen LogP contribution in [0.15, 0.2) is 41.1 Å².